The second-order valence-corrected chi connectivity index (χ2v) is 6.57. The Hall–Kier alpha value is -2.83. The Kier molecular flexibility index (Phi) is 4.79. The summed E-state index contributed by atoms with van der Waals surface area (Å²) in [6.45, 7) is 0. The van der Waals surface area contributed by atoms with Crippen molar-refractivity contribution in [3.8, 4) is 16.8 Å². The lowest BCUT2D eigenvalue weighted by molar-refractivity contribution is -0.113. The standard InChI is InChI=1S/C15H12N6OS2/c16-8-10-3-1-4-11(7-10)18-13(22)9-24-15-20-19-14(21(15)17)12-5-2-6-23-12/h1-7H,9,17H2,(H,18,22). The molecule has 1 aromatic carbocycles. The molecule has 0 spiro atoms. The van der Waals surface area contributed by atoms with Gasteiger partial charge in [-0.1, -0.05) is 23.9 Å². The third-order valence-electron chi connectivity index (χ3n) is 3.01. The van der Waals surface area contributed by atoms with Crippen LogP contribution in [0.3, 0.4) is 0 Å². The van der Waals surface area contributed by atoms with Gasteiger partial charge in [0.2, 0.25) is 11.1 Å². The maximum Gasteiger partial charge on any atom is 0.234 e. The van der Waals surface area contributed by atoms with Crippen LogP contribution in [-0.4, -0.2) is 26.5 Å². The zero-order chi connectivity index (χ0) is 16.9. The van der Waals surface area contributed by atoms with Crippen molar-refractivity contribution in [2.75, 3.05) is 16.9 Å². The number of nitrogens with two attached hydrogens (primary N) is 1. The van der Waals surface area contributed by atoms with Crippen molar-refractivity contribution < 1.29 is 4.79 Å². The SMILES string of the molecule is N#Cc1cccc(NC(=O)CSc2nnc(-c3cccs3)n2N)c1. The van der Waals surface area contributed by atoms with E-state index >= 15 is 0 Å². The number of carbonyl (C=O) groups excluding carboxylic acids is 1. The first-order valence-electron chi connectivity index (χ1n) is 6.84. The summed E-state index contributed by atoms with van der Waals surface area (Å²) in [5, 5.41) is 22.0. The molecule has 0 radical (unpaired) electrons. The molecule has 3 aromatic rings. The van der Waals surface area contributed by atoms with Gasteiger partial charge in [-0.3, -0.25) is 4.79 Å². The molecule has 0 aliphatic carbocycles. The van der Waals surface area contributed by atoms with Gasteiger partial charge in [-0.15, -0.1) is 21.5 Å². The smallest absolute Gasteiger partial charge is 0.234 e. The van der Waals surface area contributed by atoms with Crippen LogP contribution in [0.25, 0.3) is 10.7 Å². The number of nitrogens with one attached hydrogen (secondary N) is 1. The molecule has 0 atom stereocenters. The molecule has 0 fully saturated rings. The van der Waals surface area contributed by atoms with Crippen LogP contribution in [0.2, 0.25) is 0 Å². The van der Waals surface area contributed by atoms with E-state index in [-0.39, 0.29) is 11.7 Å². The zero-order valence-electron chi connectivity index (χ0n) is 12.3. The highest BCUT2D eigenvalue weighted by Gasteiger charge is 2.14. The van der Waals surface area contributed by atoms with Gasteiger partial charge in [0.1, 0.15) is 0 Å². The van der Waals surface area contributed by atoms with Crippen LogP contribution in [0, 0.1) is 11.3 Å². The average Bonchev–Trinajstić information content (AvgIpc) is 3.23. The van der Waals surface area contributed by atoms with Crippen LogP contribution < -0.4 is 11.2 Å². The van der Waals surface area contributed by atoms with E-state index in [9.17, 15) is 4.79 Å². The summed E-state index contributed by atoms with van der Waals surface area (Å²) in [5.74, 6) is 6.47. The summed E-state index contributed by atoms with van der Waals surface area (Å²) in [7, 11) is 0. The van der Waals surface area contributed by atoms with Crippen molar-refractivity contribution in [1.29, 1.82) is 5.26 Å². The van der Waals surface area contributed by atoms with Crippen LogP contribution in [0.4, 0.5) is 5.69 Å². The first kappa shape index (κ1) is 16.0. The van der Waals surface area contributed by atoms with Crippen LogP contribution in [0.15, 0.2) is 46.9 Å². The largest absolute Gasteiger partial charge is 0.335 e. The number of rotatable bonds is 5. The molecule has 0 bridgehead atoms. The maximum absolute atomic E-state index is 12.0. The summed E-state index contributed by atoms with van der Waals surface area (Å²) in [5.41, 5.74) is 1.07. The predicted molar refractivity (Wildman–Crippen MR) is 94.0 cm³/mol. The second kappa shape index (κ2) is 7.16. The van der Waals surface area contributed by atoms with Crippen molar-refractivity contribution >= 4 is 34.7 Å². The molecular weight excluding hydrogens is 344 g/mol. The van der Waals surface area contributed by atoms with E-state index in [1.54, 1.807) is 24.3 Å². The third-order valence-corrected chi connectivity index (χ3v) is 4.82. The van der Waals surface area contributed by atoms with Gasteiger partial charge in [0.15, 0.2) is 5.82 Å². The summed E-state index contributed by atoms with van der Waals surface area (Å²) < 4.78 is 1.38. The first-order chi connectivity index (χ1) is 11.7. The Morgan fingerprint density at radius 2 is 2.25 bits per heavy atom. The van der Waals surface area contributed by atoms with E-state index < -0.39 is 0 Å². The lowest BCUT2D eigenvalue weighted by atomic mass is 10.2. The number of nitrogen functional groups attached to an aromatic ring is 1. The number of nitrogens with zero attached hydrogens (tertiary/aromatic N) is 4. The molecule has 3 N–H and O–H groups in total. The van der Waals surface area contributed by atoms with Gasteiger partial charge in [-0.2, -0.15) is 5.26 Å². The Bertz CT molecular complexity index is 897. The number of benzene rings is 1. The van der Waals surface area contributed by atoms with Crippen LogP contribution in [0.5, 0.6) is 0 Å². The van der Waals surface area contributed by atoms with Crippen molar-refractivity contribution in [2.24, 2.45) is 0 Å². The molecule has 0 unspecified atom stereocenters. The van der Waals surface area contributed by atoms with Crippen LogP contribution in [0.1, 0.15) is 5.56 Å². The van der Waals surface area contributed by atoms with E-state index in [2.05, 4.69) is 15.5 Å². The minimum Gasteiger partial charge on any atom is -0.335 e. The molecule has 0 saturated carbocycles. The molecule has 2 heterocycles. The number of anilines is 1. The highest BCUT2D eigenvalue weighted by atomic mass is 32.2. The van der Waals surface area contributed by atoms with Gasteiger partial charge in [-0.25, -0.2) is 4.68 Å². The summed E-state index contributed by atoms with van der Waals surface area (Å²) in [6, 6.07) is 12.6. The van der Waals surface area contributed by atoms with Crippen LogP contribution in [-0.2, 0) is 4.79 Å². The molecule has 24 heavy (non-hydrogen) atoms. The van der Waals surface area contributed by atoms with Gasteiger partial charge < -0.3 is 11.2 Å². The Morgan fingerprint density at radius 1 is 1.38 bits per heavy atom. The molecule has 2 aromatic heterocycles. The maximum atomic E-state index is 12.0. The zero-order valence-corrected chi connectivity index (χ0v) is 14.0. The lowest BCUT2D eigenvalue weighted by Gasteiger charge is -2.05. The normalized spacial score (nSPS) is 10.3. The molecule has 1 amide bonds. The number of nitriles is 1. The van der Waals surface area contributed by atoms with Gasteiger partial charge in [-0.05, 0) is 29.6 Å². The molecule has 9 heteroatoms. The highest BCUT2D eigenvalue weighted by Crippen LogP contribution is 2.25. The van der Waals surface area contributed by atoms with Crippen molar-refractivity contribution in [1.82, 2.24) is 14.9 Å². The number of hydrogen-bond donors (Lipinski definition) is 2. The molecular formula is C15H12N6OS2. The van der Waals surface area contributed by atoms with Crippen molar-refractivity contribution in [3.63, 3.8) is 0 Å². The van der Waals surface area contributed by atoms with E-state index in [4.69, 9.17) is 11.1 Å². The van der Waals surface area contributed by atoms with E-state index in [1.807, 2.05) is 23.6 Å². The topological polar surface area (TPSA) is 110 Å². The Labute approximate surface area is 146 Å². The summed E-state index contributed by atoms with van der Waals surface area (Å²) in [6.07, 6.45) is 0. The number of aromatic nitrogens is 3. The second-order valence-electron chi connectivity index (χ2n) is 4.68. The van der Waals surface area contributed by atoms with E-state index in [0.717, 1.165) is 4.88 Å². The van der Waals surface area contributed by atoms with E-state index in [0.29, 0.717) is 22.2 Å². The Balaban J connectivity index is 1.62. The van der Waals surface area contributed by atoms with Gasteiger partial charge >= 0.3 is 0 Å². The predicted octanol–water partition coefficient (Wildman–Crippen LogP) is 2.32. The van der Waals surface area contributed by atoms with Crippen molar-refractivity contribution in [3.05, 3.63) is 47.3 Å². The average molecular weight is 356 g/mol. The monoisotopic (exact) mass is 356 g/mol. The van der Waals surface area contributed by atoms with E-state index in [1.165, 1.54) is 27.8 Å². The number of hydrogen-bond acceptors (Lipinski definition) is 7. The number of thioether (sulfide) groups is 1. The van der Waals surface area contributed by atoms with Gasteiger partial charge in [0.05, 0.1) is 22.3 Å². The minimum absolute atomic E-state index is 0.135. The van der Waals surface area contributed by atoms with Crippen molar-refractivity contribution in [2.45, 2.75) is 5.16 Å². The number of carbonyl (C=O) groups is 1. The lowest BCUT2D eigenvalue weighted by Crippen LogP contribution is -2.16. The Morgan fingerprint density at radius 3 is 3.00 bits per heavy atom. The number of thiophene rings is 1. The molecule has 120 valence electrons. The summed E-state index contributed by atoms with van der Waals surface area (Å²) >= 11 is 2.71. The van der Waals surface area contributed by atoms with Gasteiger partial charge in [0, 0.05) is 5.69 Å². The fourth-order valence-electron chi connectivity index (χ4n) is 1.94. The molecule has 0 saturated heterocycles. The minimum atomic E-state index is -0.212. The highest BCUT2D eigenvalue weighted by molar-refractivity contribution is 7.99. The third kappa shape index (κ3) is 3.56. The first-order valence-corrected chi connectivity index (χ1v) is 8.71. The van der Waals surface area contributed by atoms with Gasteiger partial charge in [0.25, 0.3) is 0 Å². The fraction of sp³-hybridized carbons (Fsp3) is 0.0667. The molecule has 0 aliphatic rings. The molecule has 0 aliphatic heterocycles. The summed E-state index contributed by atoms with van der Waals surface area (Å²) in [4.78, 5) is 12.9. The molecule has 7 nitrogen and oxygen atoms in total. The fourth-order valence-corrected chi connectivity index (χ4v) is 3.30. The van der Waals surface area contributed by atoms with Crippen LogP contribution >= 0.6 is 23.1 Å². The number of amides is 1. The quantitative estimate of drug-likeness (QED) is 0.536. The molecule has 3 rings (SSSR count).